The lowest BCUT2D eigenvalue weighted by Gasteiger charge is -2.11. The molecule has 0 fully saturated rings. The number of methoxy groups -OCH3 is 1. The van der Waals surface area contributed by atoms with Crippen LogP contribution in [0.5, 0.6) is 11.5 Å². The normalized spacial score (nSPS) is 10.7. The molecule has 0 aliphatic heterocycles. The Hall–Kier alpha value is -1.72. The van der Waals surface area contributed by atoms with Gasteiger partial charge >= 0.3 is 0 Å². The molecule has 0 saturated carbocycles. The lowest BCUT2D eigenvalue weighted by Crippen LogP contribution is -2.00. The molecule has 1 aromatic heterocycles. The molecule has 1 N–H and O–H groups in total. The molecular weight excluding hydrogens is 280 g/mol. The minimum atomic E-state index is -0.0486. The minimum absolute atomic E-state index is 0.0486. The fourth-order valence-corrected chi connectivity index (χ4v) is 2.15. The van der Waals surface area contributed by atoms with Gasteiger partial charge in [-0.3, -0.25) is 4.68 Å². The minimum Gasteiger partial charge on any atom is -0.493 e. The largest absolute Gasteiger partial charge is 0.493 e. The first-order valence-corrected chi connectivity index (χ1v) is 6.53. The van der Waals surface area contributed by atoms with Crippen molar-refractivity contribution in [3.63, 3.8) is 0 Å². The lowest BCUT2D eigenvalue weighted by molar-refractivity contribution is 0.271. The highest BCUT2D eigenvalue weighted by Gasteiger charge is 2.13. The molecule has 1 heterocycles. The molecule has 0 radical (unpaired) electrons. The summed E-state index contributed by atoms with van der Waals surface area (Å²) in [6.45, 7) is 2.13. The van der Waals surface area contributed by atoms with Gasteiger partial charge < -0.3 is 14.6 Å². The topological polar surface area (TPSA) is 56.5 Å². The van der Waals surface area contributed by atoms with Crippen LogP contribution in [0, 0.1) is 6.92 Å². The number of ether oxygens (including phenoxy) is 2. The predicted molar refractivity (Wildman–Crippen MR) is 76.2 cm³/mol. The summed E-state index contributed by atoms with van der Waals surface area (Å²) in [5, 5.41) is 14.0. The van der Waals surface area contributed by atoms with Crippen LogP contribution in [0.3, 0.4) is 0 Å². The van der Waals surface area contributed by atoms with Crippen LogP contribution in [0.1, 0.15) is 16.8 Å². The molecule has 108 valence electrons. The van der Waals surface area contributed by atoms with E-state index in [9.17, 15) is 5.11 Å². The number of nitrogens with zero attached hydrogens (tertiary/aromatic N) is 2. The molecule has 20 heavy (non-hydrogen) atoms. The summed E-state index contributed by atoms with van der Waals surface area (Å²) in [4.78, 5) is 0. The van der Waals surface area contributed by atoms with Gasteiger partial charge in [0.2, 0.25) is 0 Å². The zero-order valence-corrected chi connectivity index (χ0v) is 12.4. The van der Waals surface area contributed by atoms with Crippen LogP contribution in [0.4, 0.5) is 0 Å². The van der Waals surface area contributed by atoms with Crippen molar-refractivity contribution in [2.45, 2.75) is 20.1 Å². The fraction of sp³-hybridized carbons (Fsp3) is 0.357. The van der Waals surface area contributed by atoms with Crippen molar-refractivity contribution in [2.24, 2.45) is 7.05 Å². The van der Waals surface area contributed by atoms with E-state index in [4.69, 9.17) is 21.1 Å². The van der Waals surface area contributed by atoms with Gasteiger partial charge in [0.05, 0.1) is 19.4 Å². The molecule has 0 unspecified atom stereocenters. The summed E-state index contributed by atoms with van der Waals surface area (Å²) >= 11 is 6.16. The smallest absolute Gasteiger partial charge is 0.162 e. The summed E-state index contributed by atoms with van der Waals surface area (Å²) in [5.74, 6) is 1.18. The van der Waals surface area contributed by atoms with Gasteiger partial charge in [0.15, 0.2) is 11.5 Å². The van der Waals surface area contributed by atoms with E-state index in [-0.39, 0.29) is 6.61 Å². The Balaban J connectivity index is 2.21. The van der Waals surface area contributed by atoms with E-state index in [0.717, 1.165) is 16.8 Å². The third-order valence-electron chi connectivity index (χ3n) is 3.05. The van der Waals surface area contributed by atoms with Crippen molar-refractivity contribution in [3.05, 3.63) is 40.2 Å². The number of hydrogen-bond acceptors (Lipinski definition) is 4. The molecule has 0 saturated heterocycles. The molecule has 2 rings (SSSR count). The van der Waals surface area contributed by atoms with Gasteiger partial charge in [0.25, 0.3) is 0 Å². The molecule has 6 heteroatoms. The quantitative estimate of drug-likeness (QED) is 0.921. The second-order valence-electron chi connectivity index (χ2n) is 4.41. The second kappa shape index (κ2) is 6.15. The average Bonchev–Trinajstić information content (AvgIpc) is 2.70. The summed E-state index contributed by atoms with van der Waals surface area (Å²) in [7, 11) is 3.36. The van der Waals surface area contributed by atoms with Gasteiger partial charge in [0, 0.05) is 12.6 Å². The number of aromatic nitrogens is 2. The monoisotopic (exact) mass is 296 g/mol. The van der Waals surface area contributed by atoms with Crippen LogP contribution >= 0.6 is 11.6 Å². The maximum Gasteiger partial charge on any atom is 0.162 e. The molecule has 0 amide bonds. The van der Waals surface area contributed by atoms with Gasteiger partial charge in [-0.2, -0.15) is 5.10 Å². The third kappa shape index (κ3) is 2.89. The van der Waals surface area contributed by atoms with Crippen LogP contribution in [-0.4, -0.2) is 22.0 Å². The summed E-state index contributed by atoms with van der Waals surface area (Å²) in [5.41, 5.74) is 2.43. The van der Waals surface area contributed by atoms with E-state index in [1.54, 1.807) is 37.0 Å². The van der Waals surface area contributed by atoms with E-state index < -0.39 is 0 Å². The zero-order valence-electron chi connectivity index (χ0n) is 11.7. The van der Waals surface area contributed by atoms with E-state index in [1.165, 1.54) is 0 Å². The Morgan fingerprint density at radius 2 is 2.10 bits per heavy atom. The van der Waals surface area contributed by atoms with Crippen LogP contribution in [0.2, 0.25) is 5.15 Å². The van der Waals surface area contributed by atoms with Gasteiger partial charge in [-0.15, -0.1) is 0 Å². The Morgan fingerprint density at radius 3 is 2.65 bits per heavy atom. The van der Waals surface area contributed by atoms with E-state index in [1.807, 2.05) is 6.92 Å². The predicted octanol–water partition coefficient (Wildman–Crippen LogP) is 2.46. The summed E-state index contributed by atoms with van der Waals surface area (Å²) in [6.07, 6.45) is 0. The maximum atomic E-state index is 9.17. The number of aliphatic hydroxyl groups excluding tert-OH is 1. The Labute approximate surface area is 122 Å². The number of hydrogen-bond donors (Lipinski definition) is 1. The number of rotatable bonds is 5. The first-order chi connectivity index (χ1) is 9.56. The third-order valence-corrected chi connectivity index (χ3v) is 3.53. The lowest BCUT2D eigenvalue weighted by atomic mass is 10.2. The molecule has 0 aliphatic carbocycles. The van der Waals surface area contributed by atoms with Crippen molar-refractivity contribution in [1.29, 1.82) is 0 Å². The molecule has 5 nitrogen and oxygen atoms in total. The SMILES string of the molecule is COc1ccc(CO)cc1OCc1c(C)nn(C)c1Cl. The first-order valence-electron chi connectivity index (χ1n) is 6.15. The molecule has 0 spiro atoms. The number of halogens is 1. The summed E-state index contributed by atoms with van der Waals surface area (Å²) < 4.78 is 12.6. The van der Waals surface area contributed by atoms with Gasteiger partial charge in [-0.05, 0) is 24.6 Å². The standard InChI is InChI=1S/C14H17ClN2O3/c1-9-11(14(15)17(2)16-9)8-20-13-6-10(7-18)4-5-12(13)19-3/h4-6,18H,7-8H2,1-3H3. The van der Waals surface area contributed by atoms with Crippen LogP contribution in [0.25, 0.3) is 0 Å². The van der Waals surface area contributed by atoms with E-state index >= 15 is 0 Å². The Morgan fingerprint density at radius 1 is 1.35 bits per heavy atom. The van der Waals surface area contributed by atoms with Crippen molar-refractivity contribution in [3.8, 4) is 11.5 Å². The van der Waals surface area contributed by atoms with E-state index in [2.05, 4.69) is 5.10 Å². The molecule has 0 aliphatic rings. The number of benzene rings is 1. The molecule has 0 bridgehead atoms. The molecule has 1 aromatic carbocycles. The average molecular weight is 297 g/mol. The molecular formula is C14H17ClN2O3. The first kappa shape index (κ1) is 14.7. The van der Waals surface area contributed by atoms with Crippen LogP contribution in [0.15, 0.2) is 18.2 Å². The van der Waals surface area contributed by atoms with Crippen LogP contribution < -0.4 is 9.47 Å². The van der Waals surface area contributed by atoms with Crippen LogP contribution in [-0.2, 0) is 20.3 Å². The second-order valence-corrected chi connectivity index (χ2v) is 4.77. The number of aryl methyl sites for hydroxylation is 2. The highest BCUT2D eigenvalue weighted by molar-refractivity contribution is 6.30. The highest BCUT2D eigenvalue weighted by atomic mass is 35.5. The Bertz CT molecular complexity index is 611. The molecule has 0 atom stereocenters. The van der Waals surface area contributed by atoms with Crippen molar-refractivity contribution < 1.29 is 14.6 Å². The molecule has 2 aromatic rings. The van der Waals surface area contributed by atoms with Crippen molar-refractivity contribution in [2.75, 3.05) is 7.11 Å². The van der Waals surface area contributed by atoms with Crippen molar-refractivity contribution >= 4 is 11.6 Å². The van der Waals surface area contributed by atoms with Crippen molar-refractivity contribution in [1.82, 2.24) is 9.78 Å². The highest BCUT2D eigenvalue weighted by Crippen LogP contribution is 2.30. The Kier molecular flexibility index (Phi) is 4.52. The van der Waals surface area contributed by atoms with Gasteiger partial charge in [-0.25, -0.2) is 0 Å². The van der Waals surface area contributed by atoms with Gasteiger partial charge in [-0.1, -0.05) is 17.7 Å². The number of aliphatic hydroxyl groups is 1. The van der Waals surface area contributed by atoms with E-state index in [0.29, 0.717) is 23.3 Å². The fourth-order valence-electron chi connectivity index (χ4n) is 1.92. The van der Waals surface area contributed by atoms with Gasteiger partial charge in [0.1, 0.15) is 11.8 Å². The maximum absolute atomic E-state index is 9.17. The summed E-state index contributed by atoms with van der Waals surface area (Å²) in [6, 6.07) is 5.30. The zero-order chi connectivity index (χ0) is 14.7.